The Morgan fingerprint density at radius 2 is 2.00 bits per heavy atom. The average molecular weight is 332 g/mol. The van der Waals surface area contributed by atoms with Gasteiger partial charge in [0.05, 0.1) is 6.10 Å². The SMILES string of the molecule is O=S(=O)(c1cccnc1)N1CCC[C@@H]1C[C@H](O)c1ccccc1. The molecule has 0 unspecified atom stereocenters. The first kappa shape index (κ1) is 16.1. The van der Waals surface area contributed by atoms with Crippen LogP contribution in [0.2, 0.25) is 0 Å². The van der Waals surface area contributed by atoms with Gasteiger partial charge in [-0.2, -0.15) is 4.31 Å². The number of pyridine rings is 1. The number of sulfonamides is 1. The first-order chi connectivity index (χ1) is 11.1. The van der Waals surface area contributed by atoms with Gasteiger partial charge < -0.3 is 5.11 Å². The molecule has 6 heteroatoms. The Labute approximate surface area is 136 Å². The number of rotatable bonds is 5. The lowest BCUT2D eigenvalue weighted by molar-refractivity contribution is 0.142. The quantitative estimate of drug-likeness (QED) is 0.912. The van der Waals surface area contributed by atoms with Crippen molar-refractivity contribution in [3.63, 3.8) is 0 Å². The summed E-state index contributed by atoms with van der Waals surface area (Å²) in [5.74, 6) is 0. The van der Waals surface area contributed by atoms with Crippen LogP contribution in [-0.4, -0.2) is 35.4 Å². The minimum absolute atomic E-state index is 0.185. The molecule has 2 aromatic rings. The smallest absolute Gasteiger partial charge is 0.244 e. The lowest BCUT2D eigenvalue weighted by Crippen LogP contribution is -2.36. The largest absolute Gasteiger partial charge is 0.388 e. The predicted octanol–water partition coefficient (Wildman–Crippen LogP) is 2.36. The van der Waals surface area contributed by atoms with E-state index in [9.17, 15) is 13.5 Å². The molecule has 1 aliphatic heterocycles. The molecule has 1 fully saturated rings. The van der Waals surface area contributed by atoms with Crippen molar-refractivity contribution in [3.05, 3.63) is 60.4 Å². The van der Waals surface area contributed by atoms with Gasteiger partial charge >= 0.3 is 0 Å². The number of aliphatic hydroxyl groups excluding tert-OH is 1. The molecule has 3 rings (SSSR count). The van der Waals surface area contributed by atoms with Crippen molar-refractivity contribution in [1.82, 2.24) is 9.29 Å². The van der Waals surface area contributed by atoms with Gasteiger partial charge in [-0.1, -0.05) is 30.3 Å². The number of hydrogen-bond donors (Lipinski definition) is 1. The Morgan fingerprint density at radius 1 is 1.22 bits per heavy atom. The Kier molecular flexibility index (Phi) is 4.75. The second-order valence-corrected chi connectivity index (χ2v) is 7.65. The number of benzene rings is 1. The van der Waals surface area contributed by atoms with Gasteiger partial charge in [-0.15, -0.1) is 0 Å². The van der Waals surface area contributed by atoms with Gasteiger partial charge in [-0.25, -0.2) is 8.42 Å². The molecule has 0 spiro atoms. The number of hydrogen-bond acceptors (Lipinski definition) is 4. The van der Waals surface area contributed by atoms with Crippen molar-refractivity contribution < 1.29 is 13.5 Å². The highest BCUT2D eigenvalue weighted by molar-refractivity contribution is 7.89. The zero-order valence-corrected chi connectivity index (χ0v) is 13.6. The molecule has 0 bridgehead atoms. The van der Waals surface area contributed by atoms with Crippen molar-refractivity contribution in [2.45, 2.75) is 36.3 Å². The molecule has 122 valence electrons. The van der Waals surface area contributed by atoms with E-state index in [0.29, 0.717) is 13.0 Å². The van der Waals surface area contributed by atoms with Crippen LogP contribution in [-0.2, 0) is 10.0 Å². The average Bonchev–Trinajstić information content (AvgIpc) is 3.05. The van der Waals surface area contributed by atoms with Gasteiger partial charge in [0.1, 0.15) is 4.90 Å². The fourth-order valence-electron chi connectivity index (χ4n) is 3.07. The zero-order valence-electron chi connectivity index (χ0n) is 12.7. The molecule has 0 radical (unpaired) electrons. The van der Waals surface area contributed by atoms with E-state index >= 15 is 0 Å². The molecule has 2 atom stereocenters. The van der Waals surface area contributed by atoms with Crippen molar-refractivity contribution in [2.24, 2.45) is 0 Å². The van der Waals surface area contributed by atoms with E-state index in [2.05, 4.69) is 4.98 Å². The molecule has 5 nitrogen and oxygen atoms in total. The molecular weight excluding hydrogens is 312 g/mol. The third kappa shape index (κ3) is 3.44. The standard InChI is InChI=1S/C17H20N2O3S/c20-17(14-6-2-1-3-7-14)12-15-8-5-11-19(15)23(21,22)16-9-4-10-18-13-16/h1-4,6-7,9-10,13,15,17,20H,5,8,11-12H2/t15-,17+/m1/s1. The second-order valence-electron chi connectivity index (χ2n) is 5.76. The van der Waals surface area contributed by atoms with E-state index in [-0.39, 0.29) is 10.9 Å². The molecule has 1 saturated heterocycles. The van der Waals surface area contributed by atoms with Gasteiger partial charge in [0.15, 0.2) is 0 Å². The summed E-state index contributed by atoms with van der Waals surface area (Å²) in [5.41, 5.74) is 0.818. The fourth-order valence-corrected chi connectivity index (χ4v) is 4.73. The van der Waals surface area contributed by atoms with E-state index < -0.39 is 16.1 Å². The van der Waals surface area contributed by atoms with Crippen LogP contribution in [0, 0.1) is 0 Å². The minimum atomic E-state index is -3.56. The summed E-state index contributed by atoms with van der Waals surface area (Å²) >= 11 is 0. The van der Waals surface area contributed by atoms with Crippen molar-refractivity contribution in [3.8, 4) is 0 Å². The zero-order chi connectivity index (χ0) is 16.3. The van der Waals surface area contributed by atoms with E-state index in [1.54, 1.807) is 18.3 Å². The monoisotopic (exact) mass is 332 g/mol. The van der Waals surface area contributed by atoms with Crippen molar-refractivity contribution >= 4 is 10.0 Å². The Hall–Kier alpha value is -1.76. The highest BCUT2D eigenvalue weighted by atomic mass is 32.2. The molecule has 23 heavy (non-hydrogen) atoms. The first-order valence-electron chi connectivity index (χ1n) is 7.74. The van der Waals surface area contributed by atoms with Gasteiger partial charge in [-0.3, -0.25) is 4.98 Å². The maximum absolute atomic E-state index is 12.8. The molecule has 1 aliphatic rings. The highest BCUT2D eigenvalue weighted by Crippen LogP contribution is 2.31. The maximum atomic E-state index is 12.8. The van der Waals surface area contributed by atoms with Gasteiger partial charge in [0, 0.05) is 25.0 Å². The van der Waals surface area contributed by atoms with E-state index in [1.165, 1.54) is 10.5 Å². The Bertz CT molecular complexity index is 735. The highest BCUT2D eigenvalue weighted by Gasteiger charge is 2.36. The summed E-state index contributed by atoms with van der Waals surface area (Å²) in [5, 5.41) is 10.4. The molecule has 0 amide bonds. The Balaban J connectivity index is 1.78. The topological polar surface area (TPSA) is 70.5 Å². The number of aromatic nitrogens is 1. The number of aliphatic hydroxyl groups is 1. The van der Waals surface area contributed by atoms with Crippen LogP contribution >= 0.6 is 0 Å². The molecular formula is C17H20N2O3S. The third-order valence-corrected chi connectivity index (χ3v) is 6.18. The summed E-state index contributed by atoms with van der Waals surface area (Å²) in [6, 6.07) is 12.4. The normalized spacial score (nSPS) is 20.5. The van der Waals surface area contributed by atoms with E-state index in [0.717, 1.165) is 18.4 Å². The van der Waals surface area contributed by atoms with Gasteiger partial charge in [0.25, 0.3) is 0 Å². The third-order valence-electron chi connectivity index (χ3n) is 4.24. The summed E-state index contributed by atoms with van der Waals surface area (Å²) in [6.07, 6.45) is 4.25. The van der Waals surface area contributed by atoms with Crippen LogP contribution in [0.3, 0.4) is 0 Å². The van der Waals surface area contributed by atoms with Crippen LogP contribution < -0.4 is 0 Å². The molecule has 0 aliphatic carbocycles. The van der Waals surface area contributed by atoms with Crippen LogP contribution in [0.15, 0.2) is 59.8 Å². The Morgan fingerprint density at radius 3 is 2.70 bits per heavy atom. The van der Waals surface area contributed by atoms with Gasteiger partial charge in [0.2, 0.25) is 10.0 Å². The summed E-state index contributed by atoms with van der Waals surface area (Å²) in [7, 11) is -3.56. The van der Waals surface area contributed by atoms with Crippen LogP contribution in [0.4, 0.5) is 0 Å². The molecule has 1 aromatic heterocycles. The maximum Gasteiger partial charge on any atom is 0.244 e. The molecule has 1 aromatic carbocycles. The predicted molar refractivity (Wildman–Crippen MR) is 87.2 cm³/mol. The van der Waals surface area contributed by atoms with Gasteiger partial charge in [-0.05, 0) is 37.0 Å². The summed E-state index contributed by atoms with van der Waals surface area (Å²) < 4.78 is 27.0. The second kappa shape index (κ2) is 6.78. The lowest BCUT2D eigenvalue weighted by atomic mass is 10.0. The summed E-state index contributed by atoms with van der Waals surface area (Å²) in [6.45, 7) is 0.489. The molecule has 0 saturated carbocycles. The molecule has 2 heterocycles. The number of nitrogens with zero attached hydrogens (tertiary/aromatic N) is 2. The minimum Gasteiger partial charge on any atom is -0.388 e. The van der Waals surface area contributed by atoms with Crippen LogP contribution in [0.5, 0.6) is 0 Å². The van der Waals surface area contributed by atoms with Crippen molar-refractivity contribution in [2.75, 3.05) is 6.54 Å². The van der Waals surface area contributed by atoms with E-state index in [1.807, 2.05) is 30.3 Å². The summed E-state index contributed by atoms with van der Waals surface area (Å²) in [4.78, 5) is 4.11. The molecule has 1 N–H and O–H groups in total. The fraction of sp³-hybridized carbons (Fsp3) is 0.353. The first-order valence-corrected chi connectivity index (χ1v) is 9.18. The van der Waals surface area contributed by atoms with Crippen molar-refractivity contribution in [1.29, 1.82) is 0 Å². The van der Waals surface area contributed by atoms with Crippen LogP contribution in [0.1, 0.15) is 30.9 Å². The lowest BCUT2D eigenvalue weighted by Gasteiger charge is -2.26. The van der Waals surface area contributed by atoms with E-state index in [4.69, 9.17) is 0 Å². The van der Waals surface area contributed by atoms with Crippen LogP contribution in [0.25, 0.3) is 0 Å².